The molecule has 8 nitrogen and oxygen atoms in total. The van der Waals surface area contributed by atoms with E-state index < -0.39 is 0 Å². The van der Waals surface area contributed by atoms with Crippen LogP contribution in [0.5, 0.6) is 0 Å². The van der Waals surface area contributed by atoms with Gasteiger partial charge < -0.3 is 14.4 Å². The van der Waals surface area contributed by atoms with Crippen molar-refractivity contribution in [3.05, 3.63) is 48.0 Å². The molecule has 1 N–H and O–H groups in total. The summed E-state index contributed by atoms with van der Waals surface area (Å²) < 4.78 is 11.6. The molecule has 2 atom stereocenters. The number of nitrogens with one attached hydrogen (secondary N) is 1. The zero-order valence-electron chi connectivity index (χ0n) is 16.7. The van der Waals surface area contributed by atoms with E-state index in [1.807, 2.05) is 35.6 Å². The first-order valence-electron chi connectivity index (χ1n) is 10.4. The number of carbonyl (C=O) groups excluding carboxylic acids is 1. The van der Waals surface area contributed by atoms with Crippen LogP contribution in [0.25, 0.3) is 0 Å². The van der Waals surface area contributed by atoms with Gasteiger partial charge in [-0.3, -0.25) is 19.8 Å². The van der Waals surface area contributed by atoms with Crippen molar-refractivity contribution in [2.75, 3.05) is 46.0 Å². The molecule has 8 heteroatoms. The number of aromatic nitrogens is 3. The van der Waals surface area contributed by atoms with Crippen LogP contribution in [-0.2, 0) is 20.7 Å². The second-order valence-corrected chi connectivity index (χ2v) is 7.60. The number of hydrogen-bond acceptors (Lipinski definition) is 6. The Bertz CT molecular complexity index is 749. The quantitative estimate of drug-likeness (QED) is 0.758. The van der Waals surface area contributed by atoms with E-state index in [2.05, 4.69) is 20.1 Å². The van der Waals surface area contributed by atoms with Crippen LogP contribution < -0.4 is 0 Å². The second kappa shape index (κ2) is 9.96. The molecule has 2 fully saturated rings. The summed E-state index contributed by atoms with van der Waals surface area (Å²) in [7, 11) is 0. The number of aromatic amines is 1. The molecule has 4 rings (SSSR count). The number of pyridine rings is 1. The number of amides is 1. The smallest absolute Gasteiger partial charge is 0.223 e. The average Bonchev–Trinajstić information content (AvgIpc) is 3.28. The lowest BCUT2D eigenvalue weighted by Gasteiger charge is -2.43. The number of aryl methyl sites for hydroxylation is 1. The number of hydrogen-bond donors (Lipinski definition) is 1. The molecule has 4 heterocycles. The van der Waals surface area contributed by atoms with Gasteiger partial charge in [0.05, 0.1) is 38.2 Å². The van der Waals surface area contributed by atoms with Crippen molar-refractivity contribution in [3.63, 3.8) is 0 Å². The van der Waals surface area contributed by atoms with Gasteiger partial charge in [0, 0.05) is 51.2 Å². The largest absolute Gasteiger partial charge is 0.379 e. The van der Waals surface area contributed by atoms with Crippen molar-refractivity contribution in [1.29, 1.82) is 0 Å². The van der Waals surface area contributed by atoms with Gasteiger partial charge >= 0.3 is 0 Å². The van der Waals surface area contributed by atoms with Crippen molar-refractivity contribution in [1.82, 2.24) is 25.0 Å². The van der Waals surface area contributed by atoms with Crippen LogP contribution in [0.4, 0.5) is 0 Å². The van der Waals surface area contributed by atoms with Gasteiger partial charge in [-0.25, -0.2) is 0 Å². The van der Waals surface area contributed by atoms with E-state index in [1.54, 1.807) is 6.20 Å². The highest BCUT2D eigenvalue weighted by molar-refractivity contribution is 5.77. The molecule has 0 bridgehead atoms. The van der Waals surface area contributed by atoms with Gasteiger partial charge in [0.15, 0.2) is 0 Å². The minimum absolute atomic E-state index is 0.0659. The lowest BCUT2D eigenvalue weighted by molar-refractivity contribution is -0.149. The van der Waals surface area contributed by atoms with E-state index in [1.165, 1.54) is 0 Å². The Morgan fingerprint density at radius 1 is 1.21 bits per heavy atom. The Balaban J connectivity index is 1.45. The molecule has 29 heavy (non-hydrogen) atoms. The van der Waals surface area contributed by atoms with Gasteiger partial charge in [0.2, 0.25) is 5.91 Å². The van der Waals surface area contributed by atoms with Gasteiger partial charge in [-0.1, -0.05) is 6.07 Å². The number of carbonyl (C=O) groups is 1. The Morgan fingerprint density at radius 3 is 2.86 bits per heavy atom. The molecule has 2 saturated heterocycles. The SMILES string of the molecule is O=C(CCCc1cn[nH]c1)N1CCO[C@@H](CN2CCOCC2)[C@@H]1c1cccnc1. The fraction of sp³-hybridized carbons (Fsp3) is 0.571. The van der Waals surface area contributed by atoms with Crippen molar-refractivity contribution < 1.29 is 14.3 Å². The van der Waals surface area contributed by atoms with Crippen LogP contribution in [0.15, 0.2) is 36.9 Å². The standard InChI is InChI=1S/C21H29N5O3/c27-20(5-1-3-17-13-23-24-14-17)26-9-12-29-19(16-25-7-10-28-11-8-25)21(26)18-4-2-6-22-15-18/h2,4,6,13-15,19,21H,1,3,5,7-12,16H2,(H,23,24)/t19-,21-/m0/s1. The maximum absolute atomic E-state index is 13.1. The van der Waals surface area contributed by atoms with E-state index in [9.17, 15) is 4.79 Å². The maximum atomic E-state index is 13.1. The second-order valence-electron chi connectivity index (χ2n) is 7.60. The number of H-pyrrole nitrogens is 1. The van der Waals surface area contributed by atoms with Gasteiger partial charge in [0.25, 0.3) is 0 Å². The third-order valence-electron chi connectivity index (χ3n) is 5.65. The summed E-state index contributed by atoms with van der Waals surface area (Å²) in [6.07, 6.45) is 9.44. The van der Waals surface area contributed by atoms with Crippen molar-refractivity contribution in [3.8, 4) is 0 Å². The molecule has 2 aromatic rings. The van der Waals surface area contributed by atoms with Crippen molar-refractivity contribution >= 4 is 5.91 Å². The predicted molar refractivity (Wildman–Crippen MR) is 107 cm³/mol. The highest BCUT2D eigenvalue weighted by atomic mass is 16.5. The molecule has 0 radical (unpaired) electrons. The molecule has 0 saturated carbocycles. The number of nitrogens with zero attached hydrogens (tertiary/aromatic N) is 4. The number of rotatable bonds is 7. The first-order valence-corrected chi connectivity index (χ1v) is 10.4. The number of ether oxygens (including phenoxy) is 2. The molecule has 2 aromatic heterocycles. The lowest BCUT2D eigenvalue weighted by atomic mass is 9.98. The highest BCUT2D eigenvalue weighted by Gasteiger charge is 2.37. The molecule has 0 spiro atoms. The summed E-state index contributed by atoms with van der Waals surface area (Å²) >= 11 is 0. The van der Waals surface area contributed by atoms with Crippen LogP contribution in [-0.4, -0.2) is 83.0 Å². The molecular weight excluding hydrogens is 370 g/mol. The first kappa shape index (κ1) is 20.0. The normalized spacial score (nSPS) is 23.2. The molecule has 0 unspecified atom stereocenters. The van der Waals surface area contributed by atoms with Gasteiger partial charge in [-0.05, 0) is 30.0 Å². The van der Waals surface area contributed by atoms with E-state index in [4.69, 9.17) is 9.47 Å². The Morgan fingerprint density at radius 2 is 2.10 bits per heavy atom. The van der Waals surface area contributed by atoms with Crippen molar-refractivity contribution in [2.45, 2.75) is 31.4 Å². The summed E-state index contributed by atoms with van der Waals surface area (Å²) in [5, 5.41) is 6.79. The third kappa shape index (κ3) is 5.20. The molecule has 2 aliphatic rings. The Kier molecular flexibility index (Phi) is 6.87. The highest BCUT2D eigenvalue weighted by Crippen LogP contribution is 2.31. The van der Waals surface area contributed by atoms with E-state index >= 15 is 0 Å². The van der Waals surface area contributed by atoms with Crippen molar-refractivity contribution in [2.24, 2.45) is 0 Å². The predicted octanol–water partition coefficient (Wildman–Crippen LogP) is 1.43. The minimum Gasteiger partial charge on any atom is -0.379 e. The Hall–Kier alpha value is -2.29. The molecule has 2 aliphatic heterocycles. The van der Waals surface area contributed by atoms with Crippen LogP contribution in [0, 0.1) is 0 Å². The fourth-order valence-electron chi connectivity index (χ4n) is 4.15. The monoisotopic (exact) mass is 399 g/mol. The maximum Gasteiger partial charge on any atom is 0.223 e. The summed E-state index contributed by atoms with van der Waals surface area (Å²) in [5.74, 6) is 0.178. The summed E-state index contributed by atoms with van der Waals surface area (Å²) in [4.78, 5) is 21.8. The Labute approximate surface area is 171 Å². The van der Waals surface area contributed by atoms with Gasteiger partial charge in [-0.2, -0.15) is 5.10 Å². The molecular formula is C21H29N5O3. The third-order valence-corrected chi connectivity index (χ3v) is 5.65. The average molecular weight is 399 g/mol. The zero-order valence-corrected chi connectivity index (χ0v) is 16.7. The van der Waals surface area contributed by atoms with Gasteiger partial charge in [0.1, 0.15) is 0 Å². The van der Waals surface area contributed by atoms with E-state index in [0.717, 1.165) is 56.8 Å². The van der Waals surface area contributed by atoms with Crippen LogP contribution in [0.1, 0.15) is 30.0 Å². The van der Waals surface area contributed by atoms with Crippen LogP contribution in [0.2, 0.25) is 0 Å². The van der Waals surface area contributed by atoms with Crippen LogP contribution in [0.3, 0.4) is 0 Å². The molecule has 0 aromatic carbocycles. The molecule has 0 aliphatic carbocycles. The molecule has 156 valence electrons. The zero-order chi connectivity index (χ0) is 19.9. The molecule has 1 amide bonds. The van der Waals surface area contributed by atoms with E-state index in [0.29, 0.717) is 19.6 Å². The minimum atomic E-state index is -0.110. The number of morpholine rings is 2. The van der Waals surface area contributed by atoms with E-state index in [-0.39, 0.29) is 18.1 Å². The topological polar surface area (TPSA) is 83.6 Å². The lowest BCUT2D eigenvalue weighted by Crippen LogP contribution is -2.53. The fourth-order valence-corrected chi connectivity index (χ4v) is 4.15. The summed E-state index contributed by atoms with van der Waals surface area (Å²) in [6.45, 7) is 5.28. The summed E-state index contributed by atoms with van der Waals surface area (Å²) in [5.41, 5.74) is 2.17. The van der Waals surface area contributed by atoms with Gasteiger partial charge in [-0.15, -0.1) is 0 Å². The summed E-state index contributed by atoms with van der Waals surface area (Å²) in [6, 6.07) is 3.86. The first-order chi connectivity index (χ1) is 14.3. The van der Waals surface area contributed by atoms with Crippen LogP contribution >= 0.6 is 0 Å².